The first-order chi connectivity index (χ1) is 14.9. The number of para-hydroxylation sites is 1. The molecular formula is C28H15NS. The average molecular weight is 398 g/mol. The highest BCUT2D eigenvalue weighted by Gasteiger charge is 2.21. The smallest absolute Gasteiger partial charge is 0.0734 e. The van der Waals surface area contributed by atoms with Crippen LogP contribution in [0.4, 0.5) is 0 Å². The lowest BCUT2D eigenvalue weighted by atomic mass is 10.0. The quantitative estimate of drug-likeness (QED) is 0.242. The Hall–Kier alpha value is -3.62. The fourth-order valence-electron chi connectivity index (χ4n) is 5.43. The second kappa shape index (κ2) is 5.10. The van der Waals surface area contributed by atoms with Gasteiger partial charge < -0.3 is 4.40 Å². The first kappa shape index (κ1) is 15.3. The van der Waals surface area contributed by atoms with Crippen LogP contribution in [0, 0.1) is 0 Å². The molecule has 0 aliphatic heterocycles. The lowest BCUT2D eigenvalue weighted by molar-refractivity contribution is 1.36. The van der Waals surface area contributed by atoms with E-state index in [-0.39, 0.29) is 0 Å². The van der Waals surface area contributed by atoms with E-state index in [1.807, 2.05) is 11.3 Å². The minimum atomic E-state index is 1.27. The summed E-state index contributed by atoms with van der Waals surface area (Å²) in [5.74, 6) is 0. The van der Waals surface area contributed by atoms with Crippen LogP contribution < -0.4 is 0 Å². The van der Waals surface area contributed by atoms with Crippen LogP contribution in [-0.4, -0.2) is 4.40 Å². The van der Waals surface area contributed by atoms with Crippen LogP contribution in [0.3, 0.4) is 0 Å². The second-order valence-corrected chi connectivity index (χ2v) is 9.24. The van der Waals surface area contributed by atoms with Crippen molar-refractivity contribution in [2.24, 2.45) is 0 Å². The highest BCUT2D eigenvalue weighted by Crippen LogP contribution is 2.47. The standard InChI is InChI=1S/C28H15NS/c1-2-7-18-15-23-21(14-17(18)6-1)28-27-26-24(30-28)13-12-16-8-5-10-20(25(16)26)19-9-3-4-11-22(19)29(23)27/h1-15H. The van der Waals surface area contributed by atoms with Crippen molar-refractivity contribution in [3.05, 3.63) is 91.0 Å². The summed E-state index contributed by atoms with van der Waals surface area (Å²) in [5, 5.41) is 10.7. The Labute approximate surface area is 175 Å². The minimum absolute atomic E-state index is 1.27. The van der Waals surface area contributed by atoms with Gasteiger partial charge in [0.05, 0.1) is 21.3 Å². The molecule has 5 aromatic carbocycles. The Balaban J connectivity index is 1.86. The summed E-state index contributed by atoms with van der Waals surface area (Å²) in [6.07, 6.45) is 0. The van der Waals surface area contributed by atoms with Crippen molar-refractivity contribution in [2.75, 3.05) is 0 Å². The molecule has 0 bridgehead atoms. The van der Waals surface area contributed by atoms with Gasteiger partial charge >= 0.3 is 0 Å². The third-order valence-corrected chi connectivity index (χ3v) is 7.86. The lowest BCUT2D eigenvalue weighted by Crippen LogP contribution is -1.84. The summed E-state index contributed by atoms with van der Waals surface area (Å²) < 4.78 is 5.28. The Morgan fingerprint density at radius 2 is 1.30 bits per heavy atom. The molecule has 1 nitrogen and oxygen atoms in total. The number of aromatic nitrogens is 1. The van der Waals surface area contributed by atoms with Gasteiger partial charge in [0.1, 0.15) is 0 Å². The molecule has 0 saturated heterocycles. The van der Waals surface area contributed by atoms with E-state index in [1.165, 1.54) is 69.0 Å². The fourth-order valence-corrected chi connectivity index (χ4v) is 6.65. The van der Waals surface area contributed by atoms with Gasteiger partial charge in [0.25, 0.3) is 0 Å². The number of benzene rings is 5. The monoisotopic (exact) mass is 397 g/mol. The van der Waals surface area contributed by atoms with E-state index in [9.17, 15) is 0 Å². The molecule has 2 heteroatoms. The van der Waals surface area contributed by atoms with Crippen LogP contribution in [0.2, 0.25) is 0 Å². The molecule has 0 saturated carbocycles. The second-order valence-electron chi connectivity index (χ2n) is 8.19. The summed E-state index contributed by atoms with van der Waals surface area (Å²) in [5.41, 5.74) is 3.94. The first-order valence-corrected chi connectivity index (χ1v) is 11.1. The van der Waals surface area contributed by atoms with E-state index < -0.39 is 0 Å². The molecule has 3 aromatic heterocycles. The maximum Gasteiger partial charge on any atom is 0.0734 e. The van der Waals surface area contributed by atoms with Crippen molar-refractivity contribution >= 4 is 80.4 Å². The molecule has 8 aromatic rings. The molecule has 8 rings (SSSR count). The average Bonchev–Trinajstić information content (AvgIpc) is 3.27. The Bertz CT molecular complexity index is 1950. The van der Waals surface area contributed by atoms with Crippen molar-refractivity contribution in [3.63, 3.8) is 0 Å². The van der Waals surface area contributed by atoms with E-state index in [2.05, 4.69) is 95.4 Å². The number of nitrogens with zero attached hydrogens (tertiary/aromatic N) is 1. The van der Waals surface area contributed by atoms with Crippen LogP contribution >= 0.6 is 11.3 Å². The number of rotatable bonds is 0. The highest BCUT2D eigenvalue weighted by molar-refractivity contribution is 7.27. The SMILES string of the molecule is c1ccc2cc3c(cc2c1)c1sc2ccc4cccc5c6ccccc6n3c1c2c45. The summed E-state index contributed by atoms with van der Waals surface area (Å²) in [4.78, 5) is 0. The van der Waals surface area contributed by atoms with Crippen molar-refractivity contribution in [2.45, 2.75) is 0 Å². The van der Waals surface area contributed by atoms with Crippen LogP contribution in [-0.2, 0) is 0 Å². The molecule has 138 valence electrons. The molecule has 3 heterocycles. The van der Waals surface area contributed by atoms with Crippen molar-refractivity contribution in [1.82, 2.24) is 4.40 Å². The first-order valence-electron chi connectivity index (χ1n) is 10.3. The largest absolute Gasteiger partial charge is 0.307 e. The molecule has 0 N–H and O–H groups in total. The van der Waals surface area contributed by atoms with E-state index in [0.717, 1.165) is 0 Å². The van der Waals surface area contributed by atoms with Gasteiger partial charge in [-0.15, -0.1) is 11.3 Å². The van der Waals surface area contributed by atoms with Gasteiger partial charge in [0.15, 0.2) is 0 Å². The number of hydrogen-bond acceptors (Lipinski definition) is 1. The van der Waals surface area contributed by atoms with E-state index in [4.69, 9.17) is 0 Å². The molecule has 0 aliphatic carbocycles. The summed E-state index contributed by atoms with van der Waals surface area (Å²) >= 11 is 1.93. The highest BCUT2D eigenvalue weighted by atomic mass is 32.1. The zero-order chi connectivity index (χ0) is 19.4. The Morgan fingerprint density at radius 3 is 2.23 bits per heavy atom. The topological polar surface area (TPSA) is 4.41 Å². The van der Waals surface area contributed by atoms with Crippen LogP contribution in [0.15, 0.2) is 91.0 Å². The molecule has 30 heavy (non-hydrogen) atoms. The van der Waals surface area contributed by atoms with Gasteiger partial charge in [0.2, 0.25) is 0 Å². The molecule has 0 radical (unpaired) electrons. The predicted molar refractivity (Wildman–Crippen MR) is 131 cm³/mol. The normalized spacial score (nSPS) is 12.7. The zero-order valence-electron chi connectivity index (χ0n) is 16.0. The third-order valence-electron chi connectivity index (χ3n) is 6.68. The predicted octanol–water partition coefficient (Wildman–Crippen LogP) is 8.36. The van der Waals surface area contributed by atoms with Gasteiger partial charge in [-0.2, -0.15) is 0 Å². The van der Waals surface area contributed by atoms with Gasteiger partial charge in [-0.25, -0.2) is 0 Å². The lowest BCUT2D eigenvalue weighted by Gasteiger charge is -2.03. The maximum atomic E-state index is 2.52. The van der Waals surface area contributed by atoms with Crippen molar-refractivity contribution in [3.8, 4) is 0 Å². The van der Waals surface area contributed by atoms with E-state index in [0.29, 0.717) is 0 Å². The molecule has 0 atom stereocenters. The molecule has 0 amide bonds. The van der Waals surface area contributed by atoms with Crippen LogP contribution in [0.1, 0.15) is 0 Å². The molecular weight excluding hydrogens is 382 g/mol. The van der Waals surface area contributed by atoms with Gasteiger partial charge in [-0.3, -0.25) is 0 Å². The number of thiophene rings is 1. The van der Waals surface area contributed by atoms with Gasteiger partial charge in [0, 0.05) is 26.2 Å². The third kappa shape index (κ3) is 1.67. The van der Waals surface area contributed by atoms with Crippen molar-refractivity contribution < 1.29 is 0 Å². The minimum Gasteiger partial charge on any atom is -0.307 e. The summed E-state index contributed by atoms with van der Waals surface area (Å²) in [6.45, 7) is 0. The Morgan fingerprint density at radius 1 is 0.533 bits per heavy atom. The van der Waals surface area contributed by atoms with Gasteiger partial charge in [-0.05, 0) is 45.8 Å². The number of hydrogen-bond donors (Lipinski definition) is 0. The summed E-state index contributed by atoms with van der Waals surface area (Å²) in [6, 6.07) is 33.6. The van der Waals surface area contributed by atoms with Crippen molar-refractivity contribution in [1.29, 1.82) is 0 Å². The molecule has 0 unspecified atom stereocenters. The van der Waals surface area contributed by atoms with E-state index >= 15 is 0 Å². The number of fused-ring (bicyclic) bond motifs is 7. The molecule has 0 spiro atoms. The van der Waals surface area contributed by atoms with Crippen LogP contribution in [0.25, 0.3) is 69.0 Å². The van der Waals surface area contributed by atoms with Crippen LogP contribution in [0.5, 0.6) is 0 Å². The van der Waals surface area contributed by atoms with Gasteiger partial charge in [-0.1, -0.05) is 66.7 Å². The maximum absolute atomic E-state index is 2.52. The molecule has 0 fully saturated rings. The summed E-state index contributed by atoms with van der Waals surface area (Å²) in [7, 11) is 0. The molecule has 0 aliphatic rings. The Kier molecular flexibility index (Phi) is 2.59. The zero-order valence-corrected chi connectivity index (χ0v) is 16.8. The fraction of sp³-hybridized carbons (Fsp3) is 0. The van der Waals surface area contributed by atoms with E-state index in [1.54, 1.807) is 0 Å².